The highest BCUT2D eigenvalue weighted by molar-refractivity contribution is 8.00. The molecule has 12 heteroatoms. The van der Waals surface area contributed by atoms with Gasteiger partial charge >= 0.3 is 16.8 Å². The molecule has 40 heavy (non-hydrogen) atoms. The molecular formula is C28H26N2O8S2. The summed E-state index contributed by atoms with van der Waals surface area (Å²) in [6.07, 6.45) is 0. The van der Waals surface area contributed by atoms with E-state index in [4.69, 9.17) is 14.2 Å². The molecule has 0 bridgehead atoms. The van der Waals surface area contributed by atoms with E-state index in [-0.39, 0.29) is 24.6 Å². The highest BCUT2D eigenvalue weighted by Crippen LogP contribution is 2.55. The lowest BCUT2D eigenvalue weighted by molar-refractivity contribution is -0.144. The molecule has 2 unspecified atom stereocenters. The monoisotopic (exact) mass is 582 g/mol. The van der Waals surface area contributed by atoms with Gasteiger partial charge in [-0.3, -0.25) is 23.7 Å². The fourth-order valence-corrected chi connectivity index (χ4v) is 7.83. The number of anilines is 1. The van der Waals surface area contributed by atoms with Gasteiger partial charge in [0.25, 0.3) is 0 Å². The fourth-order valence-electron chi connectivity index (χ4n) is 5.07. The summed E-state index contributed by atoms with van der Waals surface area (Å²) in [5.41, 5.74) is 1.28. The molecule has 0 saturated carbocycles. The van der Waals surface area contributed by atoms with Crippen molar-refractivity contribution in [2.75, 3.05) is 25.2 Å². The second kappa shape index (κ2) is 11.3. The summed E-state index contributed by atoms with van der Waals surface area (Å²) in [7, 11) is 1.52. The third kappa shape index (κ3) is 4.71. The summed E-state index contributed by atoms with van der Waals surface area (Å²) < 4.78 is 17.0. The standard InChI is InChI=1S/C28H26N2O8S2/c1-4-37-19(31)14-29-26-23(40-28(29)35)20(17-8-6-7-9-18(17)36-3)21-22(39-26)25(33)30(24(21)32)16-12-10-15(11-13-16)27(34)38-5-2/h6-13,20-22H,4-5,14H2,1-3H3/t20-,21?,22?/m1/s1. The van der Waals surface area contributed by atoms with Crippen molar-refractivity contribution in [2.45, 2.75) is 36.6 Å². The average Bonchev–Trinajstić information content (AvgIpc) is 3.39. The summed E-state index contributed by atoms with van der Waals surface area (Å²) in [4.78, 5) is 66.7. The van der Waals surface area contributed by atoms with Crippen LogP contribution in [0.5, 0.6) is 5.75 Å². The number of hydrogen-bond donors (Lipinski definition) is 0. The van der Waals surface area contributed by atoms with E-state index < -0.39 is 40.8 Å². The van der Waals surface area contributed by atoms with Gasteiger partial charge < -0.3 is 14.2 Å². The largest absolute Gasteiger partial charge is 0.496 e. The van der Waals surface area contributed by atoms with E-state index in [1.165, 1.54) is 35.9 Å². The quantitative estimate of drug-likeness (QED) is 0.290. The summed E-state index contributed by atoms with van der Waals surface area (Å²) >= 11 is 2.06. The van der Waals surface area contributed by atoms with Crippen LogP contribution in [0.3, 0.4) is 0 Å². The molecule has 2 amide bonds. The molecule has 10 nitrogen and oxygen atoms in total. The predicted octanol–water partition coefficient (Wildman–Crippen LogP) is 3.45. The van der Waals surface area contributed by atoms with Crippen molar-refractivity contribution in [3.05, 3.63) is 74.2 Å². The van der Waals surface area contributed by atoms with Gasteiger partial charge in [-0.05, 0) is 44.2 Å². The lowest BCUT2D eigenvalue weighted by atomic mass is 9.82. The van der Waals surface area contributed by atoms with E-state index in [1.54, 1.807) is 32.0 Å². The molecule has 0 radical (unpaired) electrons. The number of ether oxygens (including phenoxy) is 3. The lowest BCUT2D eigenvalue weighted by Crippen LogP contribution is -2.33. The molecule has 3 atom stereocenters. The normalized spacial score (nSPS) is 19.7. The first kappa shape index (κ1) is 27.7. The van der Waals surface area contributed by atoms with E-state index in [0.717, 1.165) is 28.0 Å². The number of carbonyl (C=O) groups is 4. The van der Waals surface area contributed by atoms with Gasteiger partial charge in [-0.2, -0.15) is 0 Å². The number of carbonyl (C=O) groups excluding carboxylic acids is 4. The van der Waals surface area contributed by atoms with Crippen LogP contribution in [0.2, 0.25) is 0 Å². The Morgan fingerprint density at radius 1 is 0.925 bits per heavy atom. The maximum Gasteiger partial charge on any atom is 0.338 e. The van der Waals surface area contributed by atoms with Gasteiger partial charge in [-0.1, -0.05) is 41.3 Å². The molecule has 2 aliphatic heterocycles. The van der Waals surface area contributed by atoms with Gasteiger partial charge in [-0.15, -0.1) is 0 Å². The second-order valence-electron chi connectivity index (χ2n) is 8.99. The van der Waals surface area contributed by atoms with Crippen molar-refractivity contribution in [2.24, 2.45) is 5.92 Å². The molecule has 1 fully saturated rings. The number of amides is 2. The number of thioether (sulfide) groups is 1. The summed E-state index contributed by atoms with van der Waals surface area (Å²) in [6.45, 7) is 3.47. The molecule has 0 spiro atoms. The van der Waals surface area contributed by atoms with E-state index in [9.17, 15) is 24.0 Å². The van der Waals surface area contributed by atoms with Crippen LogP contribution in [0, 0.1) is 5.92 Å². The number of fused-ring (bicyclic) bond motifs is 2. The van der Waals surface area contributed by atoms with E-state index >= 15 is 0 Å². The summed E-state index contributed by atoms with van der Waals surface area (Å²) in [6, 6.07) is 13.3. The fraction of sp³-hybridized carbons (Fsp3) is 0.321. The SMILES string of the molecule is CCOC(=O)Cn1c2c(sc1=O)[C@H](c1ccccc1OC)C1C(=O)N(c3ccc(C(=O)OCC)cc3)C(=O)C1S2. The van der Waals surface area contributed by atoms with Crippen LogP contribution in [-0.4, -0.2) is 53.9 Å². The Balaban J connectivity index is 1.60. The first-order valence-electron chi connectivity index (χ1n) is 12.6. The minimum absolute atomic E-state index is 0.165. The Morgan fingerprint density at radius 2 is 1.62 bits per heavy atom. The highest BCUT2D eigenvalue weighted by atomic mass is 32.2. The number of rotatable bonds is 8. The lowest BCUT2D eigenvalue weighted by Gasteiger charge is -2.31. The minimum atomic E-state index is -0.859. The van der Waals surface area contributed by atoms with Crippen molar-refractivity contribution < 1.29 is 33.4 Å². The highest BCUT2D eigenvalue weighted by Gasteiger charge is 2.57. The first-order valence-corrected chi connectivity index (χ1v) is 14.3. The molecule has 208 valence electrons. The zero-order chi connectivity index (χ0) is 28.6. The van der Waals surface area contributed by atoms with Crippen LogP contribution in [-0.2, 0) is 30.4 Å². The number of aromatic nitrogens is 1. The molecule has 3 aromatic rings. The van der Waals surface area contributed by atoms with E-state index in [1.807, 2.05) is 6.07 Å². The predicted molar refractivity (Wildman–Crippen MR) is 148 cm³/mol. The summed E-state index contributed by atoms with van der Waals surface area (Å²) in [5.74, 6) is -2.93. The van der Waals surface area contributed by atoms with Crippen molar-refractivity contribution in [1.29, 1.82) is 0 Å². The zero-order valence-electron chi connectivity index (χ0n) is 21.9. The Kier molecular flexibility index (Phi) is 7.81. The van der Waals surface area contributed by atoms with E-state index in [2.05, 4.69) is 0 Å². The Labute approximate surface area is 237 Å². The van der Waals surface area contributed by atoms with Gasteiger partial charge in [0.05, 0.1) is 42.5 Å². The second-order valence-corrected chi connectivity index (χ2v) is 11.1. The van der Waals surface area contributed by atoms with Crippen LogP contribution < -0.4 is 14.5 Å². The maximum absolute atomic E-state index is 14.0. The number of hydrogen-bond acceptors (Lipinski definition) is 10. The number of imide groups is 1. The molecule has 2 aliphatic rings. The average molecular weight is 583 g/mol. The number of methoxy groups -OCH3 is 1. The summed E-state index contributed by atoms with van der Waals surface area (Å²) in [5, 5.41) is -0.400. The topological polar surface area (TPSA) is 121 Å². The van der Waals surface area contributed by atoms with Crippen molar-refractivity contribution in [3.63, 3.8) is 0 Å². The molecule has 3 heterocycles. The molecule has 0 aliphatic carbocycles. The van der Waals surface area contributed by atoms with Gasteiger partial charge in [0, 0.05) is 16.4 Å². The number of esters is 2. The van der Waals surface area contributed by atoms with Crippen LogP contribution >= 0.6 is 23.1 Å². The third-order valence-electron chi connectivity index (χ3n) is 6.75. The molecule has 1 aromatic heterocycles. The van der Waals surface area contributed by atoms with Crippen LogP contribution in [0.1, 0.15) is 40.6 Å². The molecule has 1 saturated heterocycles. The van der Waals surface area contributed by atoms with Gasteiger partial charge in [0.1, 0.15) is 17.5 Å². The Morgan fingerprint density at radius 3 is 2.30 bits per heavy atom. The zero-order valence-corrected chi connectivity index (χ0v) is 23.6. The van der Waals surface area contributed by atoms with Crippen molar-refractivity contribution >= 4 is 52.5 Å². The Bertz CT molecular complexity index is 1540. The number of para-hydroxylation sites is 1. The van der Waals surface area contributed by atoms with Gasteiger partial charge in [0.15, 0.2) is 0 Å². The number of benzene rings is 2. The molecule has 5 rings (SSSR count). The minimum Gasteiger partial charge on any atom is -0.496 e. The smallest absolute Gasteiger partial charge is 0.338 e. The van der Waals surface area contributed by atoms with Crippen LogP contribution in [0.25, 0.3) is 0 Å². The van der Waals surface area contributed by atoms with Crippen molar-refractivity contribution in [3.8, 4) is 5.75 Å². The third-order valence-corrected chi connectivity index (χ3v) is 9.36. The number of nitrogens with zero attached hydrogens (tertiary/aromatic N) is 2. The molecular weight excluding hydrogens is 556 g/mol. The molecule has 2 aromatic carbocycles. The first-order chi connectivity index (χ1) is 19.3. The number of thiazole rings is 1. The van der Waals surface area contributed by atoms with Gasteiger partial charge in [-0.25, -0.2) is 9.69 Å². The van der Waals surface area contributed by atoms with Gasteiger partial charge in [0.2, 0.25) is 11.8 Å². The van der Waals surface area contributed by atoms with E-state index in [0.29, 0.717) is 32.5 Å². The van der Waals surface area contributed by atoms with Crippen LogP contribution in [0.4, 0.5) is 5.69 Å². The van der Waals surface area contributed by atoms with Crippen LogP contribution in [0.15, 0.2) is 58.4 Å². The Hall–Kier alpha value is -3.90. The van der Waals surface area contributed by atoms with Crippen molar-refractivity contribution in [1.82, 2.24) is 4.57 Å². The molecule has 0 N–H and O–H groups in total. The maximum atomic E-state index is 14.0.